The highest BCUT2D eigenvalue weighted by Gasteiger charge is 2.11. The van der Waals surface area contributed by atoms with Gasteiger partial charge in [0, 0.05) is 25.7 Å². The van der Waals surface area contributed by atoms with Gasteiger partial charge in [-0.05, 0) is 12.5 Å². The Balaban J connectivity index is 2.70. The monoisotopic (exact) mass is 238 g/mol. The van der Waals surface area contributed by atoms with Crippen molar-refractivity contribution >= 4 is 17.5 Å². The number of terminal acetylenes is 1. The van der Waals surface area contributed by atoms with Crippen molar-refractivity contribution in [3.8, 4) is 12.3 Å². The van der Waals surface area contributed by atoms with E-state index in [1.807, 2.05) is 11.5 Å². The first kappa shape index (κ1) is 12.7. The SMILES string of the molecule is C#CCCNC(=O)c1cc(Cl)cn1CCC. The number of nitrogens with one attached hydrogen (secondary N) is 1. The van der Waals surface area contributed by atoms with Crippen molar-refractivity contribution < 1.29 is 4.79 Å². The number of amides is 1. The van der Waals surface area contributed by atoms with Crippen LogP contribution in [0.5, 0.6) is 0 Å². The maximum absolute atomic E-state index is 11.8. The normalized spacial score (nSPS) is 9.81. The molecular formula is C12H15ClN2O. The van der Waals surface area contributed by atoms with Gasteiger partial charge in [-0.15, -0.1) is 12.3 Å². The predicted molar refractivity (Wildman–Crippen MR) is 65.5 cm³/mol. The quantitative estimate of drug-likeness (QED) is 0.620. The Morgan fingerprint density at radius 2 is 2.44 bits per heavy atom. The zero-order chi connectivity index (χ0) is 12.0. The standard InChI is InChI=1S/C12H15ClN2O/c1-3-5-6-14-12(16)11-8-10(13)9-15(11)7-4-2/h1,8-9H,4-7H2,2H3,(H,14,16). The van der Waals surface area contributed by atoms with Crippen molar-refractivity contribution in [1.82, 2.24) is 9.88 Å². The van der Waals surface area contributed by atoms with Crippen molar-refractivity contribution in [2.45, 2.75) is 26.3 Å². The fraction of sp³-hybridized carbons (Fsp3) is 0.417. The average molecular weight is 239 g/mol. The molecule has 0 spiro atoms. The summed E-state index contributed by atoms with van der Waals surface area (Å²) in [5, 5.41) is 3.33. The van der Waals surface area contributed by atoms with Gasteiger partial charge in [-0.1, -0.05) is 18.5 Å². The number of hydrogen-bond acceptors (Lipinski definition) is 1. The molecular weight excluding hydrogens is 224 g/mol. The van der Waals surface area contributed by atoms with Gasteiger partial charge in [0.2, 0.25) is 0 Å². The van der Waals surface area contributed by atoms with Gasteiger partial charge in [-0.25, -0.2) is 0 Å². The van der Waals surface area contributed by atoms with Gasteiger partial charge in [0.1, 0.15) is 5.69 Å². The largest absolute Gasteiger partial charge is 0.350 e. The summed E-state index contributed by atoms with van der Waals surface area (Å²) >= 11 is 5.87. The molecule has 0 saturated heterocycles. The van der Waals surface area contributed by atoms with Crippen LogP contribution in [0.1, 0.15) is 30.3 Å². The molecule has 0 aromatic carbocycles. The van der Waals surface area contributed by atoms with E-state index in [1.165, 1.54) is 0 Å². The van der Waals surface area contributed by atoms with E-state index < -0.39 is 0 Å². The Morgan fingerprint density at radius 3 is 3.06 bits per heavy atom. The van der Waals surface area contributed by atoms with E-state index in [9.17, 15) is 4.79 Å². The molecule has 0 aliphatic rings. The van der Waals surface area contributed by atoms with Gasteiger partial charge in [-0.3, -0.25) is 4.79 Å². The first-order valence-electron chi connectivity index (χ1n) is 5.26. The first-order chi connectivity index (χ1) is 7.69. The van der Waals surface area contributed by atoms with Gasteiger partial charge in [0.25, 0.3) is 5.91 Å². The van der Waals surface area contributed by atoms with Crippen LogP contribution in [0.15, 0.2) is 12.3 Å². The molecule has 16 heavy (non-hydrogen) atoms. The third kappa shape index (κ3) is 3.32. The smallest absolute Gasteiger partial charge is 0.267 e. The second-order valence-electron chi connectivity index (χ2n) is 3.45. The summed E-state index contributed by atoms with van der Waals surface area (Å²) in [6.07, 6.45) is 8.36. The molecule has 0 saturated carbocycles. The lowest BCUT2D eigenvalue weighted by Gasteiger charge is -2.07. The van der Waals surface area contributed by atoms with Crippen LogP contribution in [0.2, 0.25) is 5.02 Å². The predicted octanol–water partition coefficient (Wildman–Crippen LogP) is 2.30. The number of carbonyl (C=O) groups is 1. The van der Waals surface area contributed by atoms with Crippen LogP contribution in [-0.2, 0) is 6.54 Å². The summed E-state index contributed by atoms with van der Waals surface area (Å²) in [7, 11) is 0. The summed E-state index contributed by atoms with van der Waals surface area (Å²) in [6, 6.07) is 1.67. The molecule has 1 heterocycles. The Morgan fingerprint density at radius 1 is 1.69 bits per heavy atom. The lowest BCUT2D eigenvalue weighted by atomic mass is 10.3. The number of hydrogen-bond donors (Lipinski definition) is 1. The summed E-state index contributed by atoms with van der Waals surface area (Å²) in [5.74, 6) is 2.34. The second-order valence-corrected chi connectivity index (χ2v) is 3.88. The molecule has 4 heteroatoms. The van der Waals surface area contributed by atoms with Gasteiger partial charge >= 0.3 is 0 Å². The van der Waals surface area contributed by atoms with Gasteiger partial charge < -0.3 is 9.88 Å². The molecule has 3 nitrogen and oxygen atoms in total. The second kappa shape index (κ2) is 6.24. The topological polar surface area (TPSA) is 34.0 Å². The number of nitrogens with zero attached hydrogens (tertiary/aromatic N) is 1. The molecule has 1 aromatic heterocycles. The van der Waals surface area contributed by atoms with Crippen LogP contribution in [0.25, 0.3) is 0 Å². The molecule has 0 aliphatic carbocycles. The summed E-state index contributed by atoms with van der Waals surface area (Å²) < 4.78 is 1.85. The van der Waals surface area contributed by atoms with Crippen molar-refractivity contribution in [3.63, 3.8) is 0 Å². The Kier molecular flexibility index (Phi) is 4.94. The molecule has 1 N–H and O–H groups in total. The zero-order valence-corrected chi connectivity index (χ0v) is 10.0. The van der Waals surface area contributed by atoms with Crippen LogP contribution in [0.3, 0.4) is 0 Å². The minimum Gasteiger partial charge on any atom is -0.350 e. The number of aryl methyl sites for hydroxylation is 1. The van der Waals surface area contributed by atoms with Gasteiger partial charge in [0.05, 0.1) is 5.02 Å². The molecule has 1 aromatic rings. The Labute approximate surface area is 101 Å². The third-order valence-electron chi connectivity index (χ3n) is 2.12. The van der Waals surface area contributed by atoms with Crippen molar-refractivity contribution in [3.05, 3.63) is 23.0 Å². The van der Waals surface area contributed by atoms with Crippen molar-refractivity contribution in [2.24, 2.45) is 0 Å². The number of carbonyl (C=O) groups excluding carboxylic acids is 1. The highest BCUT2D eigenvalue weighted by Crippen LogP contribution is 2.14. The minimum absolute atomic E-state index is 0.129. The molecule has 0 bridgehead atoms. The van der Waals surface area contributed by atoms with Crippen molar-refractivity contribution in [2.75, 3.05) is 6.54 Å². The summed E-state index contributed by atoms with van der Waals surface area (Å²) in [6.45, 7) is 3.32. The minimum atomic E-state index is -0.129. The Bertz CT molecular complexity index is 404. The lowest BCUT2D eigenvalue weighted by molar-refractivity contribution is 0.0945. The highest BCUT2D eigenvalue weighted by atomic mass is 35.5. The first-order valence-corrected chi connectivity index (χ1v) is 5.64. The van der Waals surface area contributed by atoms with Crippen molar-refractivity contribution in [1.29, 1.82) is 0 Å². The third-order valence-corrected chi connectivity index (χ3v) is 2.32. The van der Waals surface area contributed by atoms with Crippen LogP contribution in [0, 0.1) is 12.3 Å². The number of aromatic nitrogens is 1. The van der Waals surface area contributed by atoms with Crippen LogP contribution in [0.4, 0.5) is 0 Å². The van der Waals surface area contributed by atoms with E-state index in [4.69, 9.17) is 18.0 Å². The van der Waals surface area contributed by atoms with E-state index in [2.05, 4.69) is 11.2 Å². The van der Waals surface area contributed by atoms with Gasteiger partial charge in [-0.2, -0.15) is 0 Å². The number of halogens is 1. The molecule has 0 atom stereocenters. The van der Waals surface area contributed by atoms with Crippen LogP contribution < -0.4 is 5.32 Å². The Hall–Kier alpha value is -1.40. The van der Waals surface area contributed by atoms with Crippen LogP contribution in [-0.4, -0.2) is 17.0 Å². The molecule has 1 rings (SSSR count). The molecule has 0 unspecified atom stereocenters. The van der Waals surface area contributed by atoms with Gasteiger partial charge in [0.15, 0.2) is 0 Å². The highest BCUT2D eigenvalue weighted by molar-refractivity contribution is 6.31. The van der Waals surface area contributed by atoms with E-state index >= 15 is 0 Å². The summed E-state index contributed by atoms with van der Waals surface area (Å²) in [5.41, 5.74) is 0.587. The molecule has 0 fully saturated rings. The zero-order valence-electron chi connectivity index (χ0n) is 9.29. The maximum atomic E-state index is 11.8. The van der Waals surface area contributed by atoms with E-state index in [0.29, 0.717) is 23.7 Å². The van der Waals surface area contributed by atoms with E-state index in [-0.39, 0.29) is 5.91 Å². The molecule has 0 radical (unpaired) electrons. The molecule has 0 aliphatic heterocycles. The van der Waals surface area contributed by atoms with Crippen LogP contribution >= 0.6 is 11.6 Å². The molecule has 1 amide bonds. The average Bonchev–Trinajstić information content (AvgIpc) is 2.60. The lowest BCUT2D eigenvalue weighted by Crippen LogP contribution is -2.26. The fourth-order valence-electron chi connectivity index (χ4n) is 1.43. The number of rotatable bonds is 5. The van der Waals surface area contributed by atoms with E-state index in [1.54, 1.807) is 12.3 Å². The molecule has 86 valence electrons. The maximum Gasteiger partial charge on any atom is 0.267 e. The fourth-order valence-corrected chi connectivity index (χ4v) is 1.65. The summed E-state index contributed by atoms with van der Waals surface area (Å²) in [4.78, 5) is 11.8. The van der Waals surface area contributed by atoms with E-state index in [0.717, 1.165) is 13.0 Å².